The highest BCUT2D eigenvalue weighted by Gasteiger charge is 2.55. The molecule has 8 amide bonds. The molecule has 6 aromatic rings. The second-order valence-electron chi connectivity index (χ2n) is 47.2. The lowest BCUT2D eigenvalue weighted by Gasteiger charge is -2.36. The summed E-state index contributed by atoms with van der Waals surface area (Å²) in [6.45, 7) is 82.4. The molecule has 2 aromatic carbocycles. The molecule has 45 heteroatoms. The summed E-state index contributed by atoms with van der Waals surface area (Å²) >= 11 is 1.08. The molecule has 0 spiro atoms. The van der Waals surface area contributed by atoms with Gasteiger partial charge in [-0.25, -0.2) is 42.2 Å². The largest absolute Gasteiger partial charge is 0.515 e. The number of nitrogens with one attached hydrogen (secondary N) is 4. The molecular formula is C95H156N16O26S3. The molecule has 12 rings (SSSR count). The Bertz CT molecular complexity index is 5730. The molecule has 0 bridgehead atoms. The number of imide groups is 2. The summed E-state index contributed by atoms with van der Waals surface area (Å²) in [7, 11) is -5.72. The van der Waals surface area contributed by atoms with E-state index in [1.54, 1.807) is 88.6 Å². The maximum atomic E-state index is 11.6. The van der Waals surface area contributed by atoms with Gasteiger partial charge in [-0.05, 0) is 157 Å². The maximum Gasteiger partial charge on any atom is 0.414 e. The van der Waals surface area contributed by atoms with Gasteiger partial charge in [-0.1, -0.05) is 204 Å². The van der Waals surface area contributed by atoms with Gasteiger partial charge in [0.15, 0.2) is 28.1 Å². The van der Waals surface area contributed by atoms with Crippen LogP contribution in [0.4, 0.5) is 14.4 Å². The Balaban J connectivity index is 0.000000764. The van der Waals surface area contributed by atoms with Gasteiger partial charge in [0, 0.05) is 56.3 Å². The summed E-state index contributed by atoms with van der Waals surface area (Å²) in [5.41, 5.74) is 1.70. The van der Waals surface area contributed by atoms with Crippen LogP contribution in [0.5, 0.6) is 5.75 Å². The summed E-state index contributed by atoms with van der Waals surface area (Å²) in [4.78, 5) is 154. The Morgan fingerprint density at radius 2 is 1.05 bits per heavy atom. The number of likely N-dealkylation sites (tertiary alicyclic amines) is 1. The van der Waals surface area contributed by atoms with Crippen molar-refractivity contribution in [1.29, 1.82) is 0 Å². The number of aromatic nitrogens is 9. The minimum absolute atomic E-state index is 0.0463. The number of alkyl carbamates (subject to hydrolysis) is 1. The Kier molecular flexibility index (Phi) is 40.6. The van der Waals surface area contributed by atoms with Gasteiger partial charge in [0.25, 0.3) is 38.4 Å². The molecule has 10 heterocycles. The van der Waals surface area contributed by atoms with Crippen LogP contribution in [0.15, 0.2) is 61.1 Å². The number of Topliss-reactive ketones (excluding diaryl/α,β-unsaturated/α-hetero) is 1. The van der Waals surface area contributed by atoms with Crippen LogP contribution in [0.2, 0.25) is 0 Å². The van der Waals surface area contributed by atoms with Gasteiger partial charge in [0.2, 0.25) is 22.2 Å². The van der Waals surface area contributed by atoms with E-state index in [9.17, 15) is 105 Å². The van der Waals surface area contributed by atoms with Crippen molar-refractivity contribution in [3.63, 3.8) is 0 Å². The van der Waals surface area contributed by atoms with Crippen molar-refractivity contribution in [1.82, 2.24) is 78.7 Å². The summed E-state index contributed by atoms with van der Waals surface area (Å²) in [5.74, 6) is -1.69. The Morgan fingerprint density at radius 1 is 0.557 bits per heavy atom. The summed E-state index contributed by atoms with van der Waals surface area (Å²) < 4.78 is 62.6. The fourth-order valence-corrected chi connectivity index (χ4v) is 18.1. The van der Waals surface area contributed by atoms with Gasteiger partial charge in [-0.3, -0.25) is 58.6 Å². The van der Waals surface area contributed by atoms with Crippen LogP contribution in [0.25, 0.3) is 0 Å². The monoisotopic (exact) mass is 2030 g/mol. The first kappa shape index (κ1) is 127. The number of hydrogen-bond acceptors (Lipinski definition) is 32. The normalized spacial score (nSPS) is 18.6. The van der Waals surface area contributed by atoms with E-state index in [-0.39, 0.29) is 123 Å². The van der Waals surface area contributed by atoms with Crippen LogP contribution in [-0.2, 0) is 92.0 Å². The van der Waals surface area contributed by atoms with Crippen molar-refractivity contribution in [2.45, 2.75) is 377 Å². The number of imidazole rings is 2. The number of sulfonamides is 1. The van der Waals surface area contributed by atoms with Crippen molar-refractivity contribution in [3.8, 4) is 5.75 Å². The molecule has 5 saturated heterocycles. The summed E-state index contributed by atoms with van der Waals surface area (Å²) in [5, 5.41) is 79.5. The first-order valence-electron chi connectivity index (χ1n) is 44.8. The van der Waals surface area contributed by atoms with E-state index >= 15 is 0 Å². The topological polar surface area (TPSA) is 592 Å². The zero-order chi connectivity index (χ0) is 111. The third-order valence-corrected chi connectivity index (χ3v) is 26.7. The molecule has 2 unspecified atom stereocenters. The minimum atomic E-state index is -3.67. The fourth-order valence-electron chi connectivity index (χ4n) is 14.2. The van der Waals surface area contributed by atoms with Crippen molar-refractivity contribution >= 4 is 84.7 Å². The average Bonchev–Trinajstić information content (AvgIpc) is 1.59. The maximum absolute atomic E-state index is 11.6. The van der Waals surface area contributed by atoms with Crippen molar-refractivity contribution in [2.75, 3.05) is 13.6 Å². The molecule has 6 aliphatic heterocycles. The minimum Gasteiger partial charge on any atom is -0.515 e. The van der Waals surface area contributed by atoms with Crippen LogP contribution >= 0.6 is 11.8 Å². The Morgan fingerprint density at radius 3 is 1.24 bits per heavy atom. The molecular weight excluding hydrogens is 1880 g/mol. The van der Waals surface area contributed by atoms with Crippen LogP contribution < -0.4 is 41.8 Å². The first-order valence-corrected chi connectivity index (χ1v) is 48.6. The molecule has 0 saturated carbocycles. The highest BCUT2D eigenvalue weighted by Crippen LogP contribution is 2.41. The standard InChI is InChI=1S/C10H16O3.C10H14O2.C9H13NO3.C8H16N2O3S.3C8H14N2O.C8H10O3.C7H13N3O.C7H11NO3.C7H11NO2S.C5H10N2O3S/c1-9(2,3)6-7(11)10(4,5)13-8(6)12;1-6-7(5-10(2,3)4)9(12)8(6)11;1-9(2,3)10-4-7(12)6(5-11)8(10)13;1-7(2,3)10-8(4,5)6(11)9-14(10,12)13;1-6-7(8(2,3)4)10(11)5-9-6;1-6-5-9-7(10(6)11)8(2,3)4;1-6-5-9-10(11)7(6)8(2,3)4;1-8(2,3)4-5(9)7(11)6(4)10;1-5-6(7(2,3)4)10(11)9-8-5;2*1-7(2,3)4-5(9)8-6(10)11-4;1-5(2)7(3)4(8)6-11(5,9)10/h11H,1-5H3;5H2,1-4H3;5,11H,4H2,1-3H3;1-5H3,(H,9,11);3*5,11H,1-4H3;9H,1-3H3;11H,1-4H3;2*4H,1-3H3,(H,8,9,10);1-3H3,(H,6,8)/b;;6-5-;;;;;;;;;. The number of ketones is 1. The van der Waals surface area contributed by atoms with E-state index in [0.29, 0.717) is 29.6 Å². The molecule has 11 N–H and O–H groups in total. The van der Waals surface area contributed by atoms with Crippen molar-refractivity contribution < 1.29 is 106 Å². The van der Waals surface area contributed by atoms with E-state index in [0.717, 1.165) is 81.1 Å². The predicted octanol–water partition coefficient (Wildman–Crippen LogP) is 12.6. The molecule has 0 aliphatic carbocycles. The van der Waals surface area contributed by atoms with Gasteiger partial charge in [-0.15, -0.1) is 15.0 Å². The lowest BCUT2D eigenvalue weighted by atomic mass is 9.83. The number of carbonyl (C=O) groups is 9. The molecule has 4 aromatic heterocycles. The van der Waals surface area contributed by atoms with Crippen LogP contribution in [-0.4, -0.2) is 216 Å². The molecule has 6 aliphatic rings. The molecule has 2 atom stereocenters. The first-order chi connectivity index (χ1) is 62.0. The number of thioether (sulfide) groups is 1. The smallest absolute Gasteiger partial charge is 0.414 e. The number of aliphatic hydroxyl groups excluding tert-OH is 2. The van der Waals surface area contributed by atoms with Gasteiger partial charge < -0.3 is 55.4 Å². The number of carbonyl (C=O) groups excluding carboxylic acids is 9. The average molecular weight is 2030 g/mol. The van der Waals surface area contributed by atoms with Gasteiger partial charge >= 0.3 is 28.3 Å². The van der Waals surface area contributed by atoms with Crippen molar-refractivity contribution in [2.24, 2.45) is 21.7 Å². The number of amides is 8. The molecule has 5 fully saturated rings. The van der Waals surface area contributed by atoms with Crippen LogP contribution in [0.3, 0.4) is 0 Å². The molecule has 42 nitrogen and oxygen atoms in total. The number of esters is 1. The SMILES string of the molecule is CC(C)(C)C1=C(O)C(C)(C)OC1=O.CC(C)(C)C1OC(=O)NC1=O.CC(C)(C)C1SC(=O)NC1=O.CC(C)(C)N1C(C)(C)C(=O)NS1(=O)=O.CC(C)(C)N1CC(=O)/C(=C/O)C1=O.CC(C)(C)c1c(O)c(=O)c1=O.CN1C(=O)NS(=O)(=O)C1(C)C.Cc1c(CC(C)(C)C)c(=O)c1=O.Cc1cnc(C(C)(C)C)n1O.Cc1cnn(O)c1C(C)(C)C.Cc1ncn(O)c1C(C)(C)C.Cc1nnn(O)c1C(C)(C)C. The number of aromatic hydroxyl groups is 1. The lowest BCUT2D eigenvalue weighted by Crippen LogP contribution is -2.54. The number of cyclic esters (lactones) is 2. The highest BCUT2D eigenvalue weighted by molar-refractivity contribution is 8.15. The van der Waals surface area contributed by atoms with Gasteiger partial charge in [0.1, 0.15) is 34.7 Å². The quantitative estimate of drug-likeness (QED) is 0.0182. The lowest BCUT2D eigenvalue weighted by molar-refractivity contribution is -0.146. The van der Waals surface area contributed by atoms with Gasteiger partial charge in [0.05, 0.1) is 70.1 Å². The van der Waals surface area contributed by atoms with E-state index in [2.05, 4.69) is 56.8 Å². The number of aryl methyl sites for hydroxylation is 4. The van der Waals surface area contributed by atoms with E-state index in [4.69, 9.17) is 19.7 Å². The molecule has 140 heavy (non-hydrogen) atoms. The van der Waals surface area contributed by atoms with Gasteiger partial charge in [-0.2, -0.15) is 22.2 Å². The summed E-state index contributed by atoms with van der Waals surface area (Å²) in [6, 6.07) is -0.574. The van der Waals surface area contributed by atoms with E-state index < -0.39 is 88.2 Å². The zero-order valence-corrected chi connectivity index (χ0v) is 92.8. The number of aliphatic hydroxyl groups is 2. The van der Waals surface area contributed by atoms with E-state index in [1.807, 2.05) is 203 Å². The third kappa shape index (κ3) is 33.1. The second-order valence-corrected chi connectivity index (χ2v) is 52.0. The number of ether oxygens (including phenoxy) is 2. The van der Waals surface area contributed by atoms with E-state index in [1.165, 1.54) is 36.4 Å². The number of nitrogens with zero attached hydrogens (tertiary/aromatic N) is 12. The van der Waals surface area contributed by atoms with Crippen LogP contribution in [0.1, 0.15) is 332 Å². The molecule has 0 radical (unpaired) electrons. The molecule has 790 valence electrons. The highest BCUT2D eigenvalue weighted by atomic mass is 32.2. The second kappa shape index (κ2) is 44.9. The number of rotatable bonds is 1. The Hall–Kier alpha value is -11.3. The Labute approximate surface area is 827 Å². The zero-order valence-electron chi connectivity index (χ0n) is 90.4. The summed E-state index contributed by atoms with van der Waals surface area (Å²) in [6.07, 6.45) is 4.78. The number of hydrogen-bond donors (Lipinski definition) is 11. The fraction of sp³-hybridized carbons (Fsp3) is 0.663. The third-order valence-electron chi connectivity index (χ3n) is 21.2. The number of urea groups is 1. The van der Waals surface area contributed by atoms with Crippen molar-refractivity contribution in [3.05, 3.63) is 145 Å². The predicted molar refractivity (Wildman–Crippen MR) is 531 cm³/mol. The van der Waals surface area contributed by atoms with Crippen LogP contribution in [0, 0.1) is 56.3 Å².